The van der Waals surface area contributed by atoms with Crippen LogP contribution in [-0.2, 0) is 7.05 Å². The molecule has 0 atom stereocenters. The Balaban J connectivity index is -0.000000121. The number of aryl methyl sites for hydroxylation is 1. The van der Waals surface area contributed by atoms with Gasteiger partial charge in [0.1, 0.15) is 0 Å². The van der Waals surface area contributed by atoms with Crippen LogP contribution in [-0.4, -0.2) is 9.78 Å². The summed E-state index contributed by atoms with van der Waals surface area (Å²) in [5, 5.41) is 2.40. The summed E-state index contributed by atoms with van der Waals surface area (Å²) in [6.07, 6.45) is 0. The Labute approximate surface area is 118 Å². The maximum atomic E-state index is 11.1. The van der Waals surface area contributed by atoms with Crippen LogP contribution in [0, 0.1) is 13.8 Å². The number of nitrogens with one attached hydrogen (secondary N) is 1. The molecule has 0 unspecified atom stereocenters. The first-order chi connectivity index (χ1) is 9.04. The third-order valence-corrected chi connectivity index (χ3v) is 1.80. The van der Waals surface area contributed by atoms with E-state index in [-0.39, 0.29) is 11.1 Å². The molecule has 0 aliphatic rings. The number of hydrogen-bond acceptors (Lipinski definition) is 2. The zero-order valence-electron chi connectivity index (χ0n) is 14.8. The lowest BCUT2D eigenvalue weighted by Crippen LogP contribution is -2.31. The number of nitrogens with zero attached hydrogens (tertiary/aromatic N) is 1. The van der Waals surface area contributed by atoms with Gasteiger partial charge in [-0.15, -0.1) is 0 Å². The molecule has 0 fully saturated rings. The summed E-state index contributed by atoms with van der Waals surface area (Å²) >= 11 is 0. The predicted molar refractivity (Wildman–Crippen MR) is 87.2 cm³/mol. The van der Waals surface area contributed by atoms with Crippen LogP contribution in [0.2, 0.25) is 0 Å². The van der Waals surface area contributed by atoms with Gasteiger partial charge in [-0.25, -0.2) is 0 Å². The molecule has 0 radical (unpaired) electrons. The Kier molecular flexibility index (Phi) is 26.3. The van der Waals surface area contributed by atoms with Crippen molar-refractivity contribution in [2.45, 2.75) is 69.2 Å². The largest absolute Gasteiger partial charge is 0.268 e. The van der Waals surface area contributed by atoms with Crippen LogP contribution in [0.25, 0.3) is 0 Å². The van der Waals surface area contributed by atoms with Crippen molar-refractivity contribution in [3.63, 3.8) is 0 Å². The molecule has 1 rings (SSSR count). The Bertz CT molecular complexity index is 390. The molecule has 1 aromatic rings. The van der Waals surface area contributed by atoms with Crippen LogP contribution < -0.4 is 11.1 Å². The van der Waals surface area contributed by atoms with E-state index in [1.54, 1.807) is 13.8 Å². The average molecular weight is 274 g/mol. The van der Waals surface area contributed by atoms with Crippen molar-refractivity contribution < 1.29 is 0 Å². The Morgan fingerprint density at radius 3 is 1.37 bits per heavy atom. The summed E-state index contributed by atoms with van der Waals surface area (Å²) in [7, 11) is 1.52. The van der Waals surface area contributed by atoms with Gasteiger partial charge in [0.2, 0.25) is 0 Å². The molecule has 0 spiro atoms. The Morgan fingerprint density at radius 2 is 1.05 bits per heavy atom. The van der Waals surface area contributed by atoms with Crippen molar-refractivity contribution in [3.05, 3.63) is 31.8 Å². The van der Waals surface area contributed by atoms with Crippen LogP contribution in [0.3, 0.4) is 0 Å². The van der Waals surface area contributed by atoms with Gasteiger partial charge < -0.3 is 0 Å². The minimum absolute atomic E-state index is 0.151. The second kappa shape index (κ2) is 19.0. The first-order valence-corrected chi connectivity index (χ1v) is 7.30. The van der Waals surface area contributed by atoms with E-state index in [4.69, 9.17) is 0 Å². The lowest BCUT2D eigenvalue weighted by Gasteiger charge is -2.00. The third kappa shape index (κ3) is 10.3. The predicted octanol–water partition coefficient (Wildman–Crippen LogP) is 3.80. The maximum absolute atomic E-state index is 11.1. The zero-order valence-corrected chi connectivity index (χ0v) is 14.8. The van der Waals surface area contributed by atoms with Gasteiger partial charge >= 0.3 is 0 Å². The first-order valence-electron chi connectivity index (χ1n) is 7.30. The number of H-pyrrole nitrogens is 1. The minimum atomic E-state index is -0.204. The second-order valence-electron chi connectivity index (χ2n) is 2.56. The standard InChI is InChI=1S/C7H10N2O2.4C2H6/c1-4-5(2)7(11)9(3)8-6(4)10;4*1-2/h1-3H3,(H,8,10);4*1-2H3. The van der Waals surface area contributed by atoms with Crippen molar-refractivity contribution in [3.8, 4) is 0 Å². The molecule has 4 heteroatoms. The lowest BCUT2D eigenvalue weighted by atomic mass is 10.2. The van der Waals surface area contributed by atoms with Gasteiger partial charge in [0.25, 0.3) is 11.1 Å². The summed E-state index contributed by atoms with van der Waals surface area (Å²) in [6.45, 7) is 19.3. The summed E-state index contributed by atoms with van der Waals surface area (Å²) in [5.74, 6) is 0. The highest BCUT2D eigenvalue weighted by molar-refractivity contribution is 5.16. The van der Waals surface area contributed by atoms with Crippen molar-refractivity contribution in [1.29, 1.82) is 0 Å². The normalized spacial score (nSPS) is 7.11. The van der Waals surface area contributed by atoms with E-state index >= 15 is 0 Å². The van der Waals surface area contributed by atoms with E-state index in [0.29, 0.717) is 11.1 Å². The highest BCUT2D eigenvalue weighted by atomic mass is 16.2. The molecule has 1 heterocycles. The van der Waals surface area contributed by atoms with Crippen molar-refractivity contribution in [2.24, 2.45) is 7.05 Å². The molecule has 0 saturated heterocycles. The second-order valence-corrected chi connectivity index (χ2v) is 2.56. The van der Waals surface area contributed by atoms with Crippen molar-refractivity contribution >= 4 is 0 Å². The van der Waals surface area contributed by atoms with Crippen molar-refractivity contribution in [1.82, 2.24) is 9.78 Å². The summed E-state index contributed by atoms with van der Waals surface area (Å²) in [5.41, 5.74) is 0.649. The van der Waals surface area contributed by atoms with Gasteiger partial charge in [-0.3, -0.25) is 19.4 Å². The quantitative estimate of drug-likeness (QED) is 0.782. The number of hydrogen-bond donors (Lipinski definition) is 1. The van der Waals surface area contributed by atoms with Crippen LogP contribution in [0.5, 0.6) is 0 Å². The number of aromatic amines is 1. The summed E-state index contributed by atoms with van der Waals surface area (Å²) in [4.78, 5) is 22.1. The van der Waals surface area contributed by atoms with Crippen molar-refractivity contribution in [2.75, 3.05) is 0 Å². The molecule has 0 aliphatic heterocycles. The minimum Gasteiger partial charge on any atom is -0.268 e. The third-order valence-electron chi connectivity index (χ3n) is 1.80. The SMILES string of the molecule is CC.CC.CC.CC.Cc1c(C)c(=O)n(C)[nH]c1=O. The Hall–Kier alpha value is -1.32. The molecule has 1 aromatic heterocycles. The number of aromatic nitrogens is 2. The summed E-state index contributed by atoms with van der Waals surface area (Å²) < 4.78 is 1.19. The molecule has 0 aromatic carbocycles. The fraction of sp³-hybridized carbons (Fsp3) is 0.733. The van der Waals surface area contributed by atoms with E-state index in [0.717, 1.165) is 0 Å². The molecule has 0 bridgehead atoms. The maximum Gasteiger partial charge on any atom is 0.268 e. The molecule has 0 amide bonds. The fourth-order valence-corrected chi connectivity index (χ4v) is 0.869. The zero-order chi connectivity index (χ0) is 16.6. The highest BCUT2D eigenvalue weighted by Gasteiger charge is 2.02. The topological polar surface area (TPSA) is 54.9 Å². The molecular weight excluding hydrogens is 240 g/mol. The smallest absolute Gasteiger partial charge is 0.268 e. The van der Waals surface area contributed by atoms with E-state index in [9.17, 15) is 9.59 Å². The molecule has 19 heavy (non-hydrogen) atoms. The molecule has 0 aliphatic carbocycles. The van der Waals surface area contributed by atoms with Gasteiger partial charge in [0.15, 0.2) is 0 Å². The van der Waals surface area contributed by atoms with Gasteiger partial charge in [0.05, 0.1) is 0 Å². The molecular formula is C15H34N2O2. The highest BCUT2D eigenvalue weighted by Crippen LogP contribution is 1.88. The van der Waals surface area contributed by atoms with Gasteiger partial charge in [-0.2, -0.15) is 0 Å². The van der Waals surface area contributed by atoms with Gasteiger partial charge in [-0.1, -0.05) is 55.4 Å². The Morgan fingerprint density at radius 1 is 0.737 bits per heavy atom. The van der Waals surface area contributed by atoms with Crippen LogP contribution >= 0.6 is 0 Å². The first kappa shape index (κ1) is 26.3. The monoisotopic (exact) mass is 274 g/mol. The molecule has 0 saturated carbocycles. The fourth-order valence-electron chi connectivity index (χ4n) is 0.869. The molecule has 4 nitrogen and oxygen atoms in total. The van der Waals surface area contributed by atoms with Gasteiger partial charge in [0, 0.05) is 18.2 Å². The molecule has 1 N–H and O–H groups in total. The van der Waals surface area contributed by atoms with E-state index < -0.39 is 0 Å². The van der Waals surface area contributed by atoms with Crippen LogP contribution in [0.1, 0.15) is 66.5 Å². The van der Waals surface area contributed by atoms with Crippen LogP contribution in [0.4, 0.5) is 0 Å². The average Bonchev–Trinajstić information content (AvgIpc) is 2.51. The summed E-state index contributed by atoms with van der Waals surface area (Å²) in [6, 6.07) is 0. The van der Waals surface area contributed by atoms with Gasteiger partial charge in [-0.05, 0) is 13.8 Å². The molecule has 116 valence electrons. The lowest BCUT2D eigenvalue weighted by molar-refractivity contribution is 0.679. The van der Waals surface area contributed by atoms with E-state index in [2.05, 4.69) is 5.10 Å². The number of rotatable bonds is 0. The van der Waals surface area contributed by atoms with E-state index in [1.165, 1.54) is 11.7 Å². The van der Waals surface area contributed by atoms with E-state index in [1.807, 2.05) is 55.4 Å². The van der Waals surface area contributed by atoms with Crippen LogP contribution in [0.15, 0.2) is 9.59 Å².